The van der Waals surface area contributed by atoms with Gasteiger partial charge in [0.15, 0.2) is 17.3 Å². The van der Waals surface area contributed by atoms with Crippen molar-refractivity contribution < 1.29 is 33.3 Å². The number of hydrogen-bond acceptors (Lipinski definition) is 7. The molecule has 0 unspecified atom stereocenters. The van der Waals surface area contributed by atoms with Crippen molar-refractivity contribution >= 4 is 17.8 Å². The number of esters is 1. The molecule has 7 nitrogen and oxygen atoms in total. The lowest BCUT2D eigenvalue weighted by molar-refractivity contribution is 0.0734. The first-order valence-corrected chi connectivity index (χ1v) is 10.1. The fraction of sp³-hybridized carbons (Fsp3) is 0.154. The van der Waals surface area contributed by atoms with Crippen LogP contribution in [-0.4, -0.2) is 33.1 Å². The van der Waals surface area contributed by atoms with Crippen LogP contribution < -0.4 is 23.7 Å². The van der Waals surface area contributed by atoms with E-state index < -0.39 is 5.97 Å². The summed E-state index contributed by atoms with van der Waals surface area (Å²) in [4.78, 5) is 25.4. The quantitative estimate of drug-likeness (QED) is 0.304. The third-order valence-electron chi connectivity index (χ3n) is 5.15. The van der Waals surface area contributed by atoms with Crippen LogP contribution in [0, 0.1) is 6.92 Å². The molecule has 1 heterocycles. The van der Waals surface area contributed by atoms with Crippen molar-refractivity contribution in [2.45, 2.75) is 6.92 Å². The predicted molar refractivity (Wildman–Crippen MR) is 122 cm³/mol. The van der Waals surface area contributed by atoms with Crippen molar-refractivity contribution in [1.29, 1.82) is 0 Å². The van der Waals surface area contributed by atoms with Crippen molar-refractivity contribution in [3.63, 3.8) is 0 Å². The van der Waals surface area contributed by atoms with Crippen molar-refractivity contribution in [3.05, 3.63) is 82.6 Å². The second kappa shape index (κ2) is 9.08. The minimum absolute atomic E-state index is 0.133. The second-order valence-corrected chi connectivity index (χ2v) is 7.27. The van der Waals surface area contributed by atoms with Gasteiger partial charge in [-0.3, -0.25) is 4.79 Å². The fourth-order valence-electron chi connectivity index (χ4n) is 3.61. The summed E-state index contributed by atoms with van der Waals surface area (Å²) in [5.41, 5.74) is 2.12. The number of fused-ring (bicyclic) bond motifs is 1. The maximum atomic E-state index is 13.0. The Hall–Kier alpha value is -4.26. The number of ketones is 1. The van der Waals surface area contributed by atoms with Gasteiger partial charge in [0.05, 0.1) is 32.5 Å². The summed E-state index contributed by atoms with van der Waals surface area (Å²) in [7, 11) is 4.55. The van der Waals surface area contributed by atoms with Crippen LogP contribution in [0.2, 0.25) is 0 Å². The minimum Gasteiger partial charge on any atom is -0.493 e. The van der Waals surface area contributed by atoms with Gasteiger partial charge in [-0.1, -0.05) is 18.2 Å². The number of allylic oxidation sites excluding steroid dienone is 1. The van der Waals surface area contributed by atoms with Crippen LogP contribution in [0.5, 0.6) is 28.7 Å². The van der Waals surface area contributed by atoms with Crippen LogP contribution in [-0.2, 0) is 0 Å². The molecular weight excluding hydrogens is 424 g/mol. The standard InChI is InChI=1S/C26H22O7/c1-15-10-18(32-26(28)17-8-6-5-7-9-17)14-19-23(15)24(27)20(33-19)11-16-12-21(29-2)25(31-4)22(13-16)30-3/h5-14H,1-4H3/b20-11-. The molecule has 0 radical (unpaired) electrons. The van der Waals surface area contributed by atoms with Gasteiger partial charge in [0.2, 0.25) is 11.5 Å². The first-order valence-electron chi connectivity index (χ1n) is 10.1. The lowest BCUT2D eigenvalue weighted by atomic mass is 10.0. The van der Waals surface area contributed by atoms with Gasteiger partial charge in [-0.05, 0) is 54.5 Å². The lowest BCUT2D eigenvalue weighted by Gasteiger charge is -2.13. The molecule has 0 aliphatic carbocycles. The molecular formula is C26H22O7. The van der Waals surface area contributed by atoms with E-state index in [4.69, 9.17) is 23.7 Å². The first-order chi connectivity index (χ1) is 15.9. The third kappa shape index (κ3) is 4.25. The minimum atomic E-state index is -0.493. The Bertz CT molecular complexity index is 1230. The maximum Gasteiger partial charge on any atom is 0.343 e. The van der Waals surface area contributed by atoms with E-state index in [2.05, 4.69) is 0 Å². The highest BCUT2D eigenvalue weighted by atomic mass is 16.5. The summed E-state index contributed by atoms with van der Waals surface area (Å²) < 4.78 is 27.4. The molecule has 4 rings (SSSR count). The molecule has 168 valence electrons. The van der Waals surface area contributed by atoms with E-state index in [9.17, 15) is 9.59 Å². The highest BCUT2D eigenvalue weighted by Crippen LogP contribution is 2.41. The SMILES string of the molecule is COc1cc(/C=C2\Oc3cc(OC(=O)c4ccccc4)cc(C)c3C2=O)cc(OC)c1OC. The molecule has 1 aliphatic heterocycles. The van der Waals surface area contributed by atoms with Gasteiger partial charge in [0.25, 0.3) is 0 Å². The Balaban J connectivity index is 1.64. The molecule has 0 spiro atoms. The molecule has 0 N–H and O–H groups in total. The number of carbonyl (C=O) groups excluding carboxylic acids is 2. The molecule has 33 heavy (non-hydrogen) atoms. The Morgan fingerprint density at radius 2 is 1.58 bits per heavy atom. The topological polar surface area (TPSA) is 80.3 Å². The second-order valence-electron chi connectivity index (χ2n) is 7.27. The molecule has 7 heteroatoms. The van der Waals surface area contributed by atoms with Crippen LogP contribution >= 0.6 is 0 Å². The number of Topliss-reactive ketones (excluding diaryl/α,β-unsaturated/α-hetero) is 1. The number of carbonyl (C=O) groups is 2. The van der Waals surface area contributed by atoms with E-state index in [1.807, 2.05) is 6.07 Å². The summed E-state index contributed by atoms with van der Waals surface area (Å²) >= 11 is 0. The number of ether oxygens (including phenoxy) is 5. The summed E-state index contributed by atoms with van der Waals surface area (Å²) in [6, 6.07) is 15.3. The number of methoxy groups -OCH3 is 3. The maximum absolute atomic E-state index is 13.0. The lowest BCUT2D eigenvalue weighted by Crippen LogP contribution is -2.08. The van der Waals surface area contributed by atoms with E-state index in [1.54, 1.807) is 55.5 Å². The smallest absolute Gasteiger partial charge is 0.343 e. The van der Waals surface area contributed by atoms with E-state index >= 15 is 0 Å². The zero-order chi connectivity index (χ0) is 23.5. The first kappa shape index (κ1) is 22.0. The number of benzene rings is 3. The Morgan fingerprint density at radius 3 is 2.18 bits per heavy atom. The van der Waals surface area contributed by atoms with E-state index in [0.29, 0.717) is 51.0 Å². The number of hydrogen-bond donors (Lipinski definition) is 0. The van der Waals surface area contributed by atoms with E-state index in [0.717, 1.165) is 0 Å². The normalized spacial score (nSPS) is 13.3. The summed E-state index contributed by atoms with van der Waals surface area (Å²) in [6.07, 6.45) is 1.60. The molecule has 3 aromatic carbocycles. The zero-order valence-electron chi connectivity index (χ0n) is 18.6. The molecule has 0 amide bonds. The highest BCUT2D eigenvalue weighted by Gasteiger charge is 2.30. The molecule has 0 saturated carbocycles. The van der Waals surface area contributed by atoms with Gasteiger partial charge in [-0.25, -0.2) is 4.79 Å². The Morgan fingerprint density at radius 1 is 0.909 bits per heavy atom. The molecule has 0 saturated heterocycles. The van der Waals surface area contributed by atoms with Crippen LogP contribution in [0.3, 0.4) is 0 Å². The van der Waals surface area contributed by atoms with Crippen LogP contribution in [0.25, 0.3) is 6.08 Å². The van der Waals surface area contributed by atoms with Gasteiger partial charge < -0.3 is 23.7 Å². The molecule has 0 atom stereocenters. The van der Waals surface area contributed by atoms with Crippen LogP contribution in [0.1, 0.15) is 31.8 Å². The van der Waals surface area contributed by atoms with Gasteiger partial charge in [0, 0.05) is 6.07 Å². The fourth-order valence-corrected chi connectivity index (χ4v) is 3.61. The summed E-state index contributed by atoms with van der Waals surface area (Å²) in [5.74, 6) is 1.36. The van der Waals surface area contributed by atoms with Crippen molar-refractivity contribution in [2.75, 3.05) is 21.3 Å². The molecule has 0 aromatic heterocycles. The molecule has 3 aromatic rings. The largest absolute Gasteiger partial charge is 0.493 e. The van der Waals surface area contributed by atoms with Crippen LogP contribution in [0.15, 0.2) is 60.4 Å². The van der Waals surface area contributed by atoms with Crippen molar-refractivity contribution in [1.82, 2.24) is 0 Å². The van der Waals surface area contributed by atoms with Gasteiger partial charge in [-0.15, -0.1) is 0 Å². The van der Waals surface area contributed by atoms with Gasteiger partial charge in [-0.2, -0.15) is 0 Å². The number of aryl methyl sites for hydroxylation is 1. The Labute approximate surface area is 191 Å². The molecule has 0 fully saturated rings. The third-order valence-corrected chi connectivity index (χ3v) is 5.15. The summed E-state index contributed by atoms with van der Waals surface area (Å²) in [6.45, 7) is 1.77. The number of rotatable bonds is 6. The predicted octanol–water partition coefficient (Wildman–Crippen LogP) is 4.86. The highest BCUT2D eigenvalue weighted by molar-refractivity contribution is 6.15. The zero-order valence-corrected chi connectivity index (χ0v) is 18.6. The van der Waals surface area contributed by atoms with E-state index in [-0.39, 0.29) is 11.5 Å². The average molecular weight is 446 g/mol. The van der Waals surface area contributed by atoms with Crippen LogP contribution in [0.4, 0.5) is 0 Å². The van der Waals surface area contributed by atoms with Crippen molar-refractivity contribution in [3.8, 4) is 28.7 Å². The monoisotopic (exact) mass is 446 g/mol. The van der Waals surface area contributed by atoms with Gasteiger partial charge >= 0.3 is 5.97 Å². The Kier molecular flexibility index (Phi) is 6.04. The van der Waals surface area contributed by atoms with E-state index in [1.165, 1.54) is 27.4 Å². The van der Waals surface area contributed by atoms with Crippen molar-refractivity contribution in [2.24, 2.45) is 0 Å². The molecule has 1 aliphatic rings. The average Bonchev–Trinajstić information content (AvgIpc) is 3.13. The van der Waals surface area contributed by atoms with Gasteiger partial charge in [0.1, 0.15) is 11.5 Å². The molecule has 0 bridgehead atoms. The summed E-state index contributed by atoms with van der Waals surface area (Å²) in [5, 5.41) is 0.